The zero-order valence-corrected chi connectivity index (χ0v) is 16.2. The molecule has 0 spiro atoms. The molecule has 0 fully saturated rings. The molecule has 1 aromatic carbocycles. The third-order valence-electron chi connectivity index (χ3n) is 4.88. The van der Waals surface area contributed by atoms with E-state index >= 15 is 0 Å². The first-order valence-corrected chi connectivity index (χ1v) is 9.50. The van der Waals surface area contributed by atoms with Crippen molar-refractivity contribution in [2.24, 2.45) is 7.05 Å². The third kappa shape index (κ3) is 2.93. The van der Waals surface area contributed by atoms with Gasteiger partial charge in [0.2, 0.25) is 5.91 Å². The summed E-state index contributed by atoms with van der Waals surface area (Å²) >= 11 is 7.18. The van der Waals surface area contributed by atoms with Crippen LogP contribution < -0.4 is 5.32 Å². The number of nitrogens with zero attached hydrogens (tertiary/aromatic N) is 2. The van der Waals surface area contributed by atoms with Crippen LogP contribution in [0.2, 0.25) is 5.02 Å². The Labute approximate surface area is 164 Å². The number of fused-ring (bicyclic) bond motifs is 1. The number of aromatic nitrogens is 2. The zero-order chi connectivity index (χ0) is 19.3. The fourth-order valence-electron chi connectivity index (χ4n) is 3.44. The van der Waals surface area contributed by atoms with Crippen LogP contribution in [0.1, 0.15) is 38.1 Å². The number of benzene rings is 1. The van der Waals surface area contributed by atoms with Gasteiger partial charge in [-0.2, -0.15) is 5.10 Å². The number of carboxylic acid groups (broad SMARTS) is 1. The number of hydrogen-bond donors (Lipinski definition) is 2. The van der Waals surface area contributed by atoms with Crippen LogP contribution in [-0.2, 0) is 11.8 Å². The number of halogens is 1. The van der Waals surface area contributed by atoms with Crippen molar-refractivity contribution in [1.82, 2.24) is 9.78 Å². The maximum atomic E-state index is 12.4. The van der Waals surface area contributed by atoms with E-state index in [0.717, 1.165) is 16.1 Å². The highest BCUT2D eigenvalue weighted by Gasteiger charge is 2.35. The Balaban J connectivity index is 1.95. The minimum Gasteiger partial charge on any atom is -0.477 e. The van der Waals surface area contributed by atoms with Gasteiger partial charge in [0.1, 0.15) is 4.88 Å². The van der Waals surface area contributed by atoms with Gasteiger partial charge in [-0.1, -0.05) is 23.7 Å². The Morgan fingerprint density at radius 3 is 2.67 bits per heavy atom. The number of thiophene rings is 1. The largest absolute Gasteiger partial charge is 0.477 e. The lowest BCUT2D eigenvalue weighted by Crippen LogP contribution is -2.22. The molecule has 0 bridgehead atoms. The molecule has 0 saturated carbocycles. The fraction of sp³-hybridized carbons (Fsp3) is 0.211. The van der Waals surface area contributed by atoms with Crippen molar-refractivity contribution in [3.05, 3.63) is 56.5 Å². The van der Waals surface area contributed by atoms with E-state index in [9.17, 15) is 14.7 Å². The van der Waals surface area contributed by atoms with Crippen molar-refractivity contribution < 1.29 is 14.7 Å². The van der Waals surface area contributed by atoms with E-state index in [0.29, 0.717) is 21.8 Å². The van der Waals surface area contributed by atoms with Gasteiger partial charge in [0.05, 0.1) is 11.9 Å². The second-order valence-electron chi connectivity index (χ2n) is 6.47. The number of aryl methyl sites for hydroxylation is 1. The van der Waals surface area contributed by atoms with E-state index in [1.165, 1.54) is 11.3 Å². The molecular weight excluding hydrogens is 386 g/mol. The molecule has 138 valence electrons. The maximum absolute atomic E-state index is 12.4. The van der Waals surface area contributed by atoms with E-state index < -0.39 is 5.97 Å². The first kappa shape index (κ1) is 17.8. The van der Waals surface area contributed by atoms with Gasteiger partial charge < -0.3 is 10.4 Å². The van der Waals surface area contributed by atoms with Gasteiger partial charge in [0.25, 0.3) is 0 Å². The van der Waals surface area contributed by atoms with Crippen molar-refractivity contribution in [2.75, 3.05) is 5.32 Å². The van der Waals surface area contributed by atoms with Crippen LogP contribution in [-0.4, -0.2) is 26.8 Å². The van der Waals surface area contributed by atoms with E-state index in [2.05, 4.69) is 10.4 Å². The fourth-order valence-corrected chi connectivity index (χ4v) is 4.80. The average molecular weight is 402 g/mol. The molecule has 1 atom stereocenters. The number of hydrogen-bond acceptors (Lipinski definition) is 4. The second-order valence-corrected chi connectivity index (χ2v) is 7.96. The maximum Gasteiger partial charge on any atom is 0.346 e. The molecule has 6 nitrogen and oxygen atoms in total. The lowest BCUT2D eigenvalue weighted by Gasteiger charge is -2.23. The molecule has 0 unspecified atom stereocenters. The number of aromatic carboxylic acids is 1. The predicted octanol–water partition coefficient (Wildman–Crippen LogP) is 4.28. The molecule has 1 aliphatic heterocycles. The Kier molecular flexibility index (Phi) is 4.28. The lowest BCUT2D eigenvalue weighted by atomic mass is 9.89. The number of nitrogens with one attached hydrogen (secondary N) is 1. The second kappa shape index (κ2) is 6.51. The lowest BCUT2D eigenvalue weighted by molar-refractivity contribution is -0.116. The highest BCUT2D eigenvalue weighted by Crippen LogP contribution is 2.49. The van der Waals surface area contributed by atoms with E-state index in [1.807, 2.05) is 14.0 Å². The molecule has 27 heavy (non-hydrogen) atoms. The minimum absolute atomic E-state index is 0.138. The van der Waals surface area contributed by atoms with Crippen LogP contribution in [0.25, 0.3) is 11.1 Å². The van der Waals surface area contributed by atoms with Gasteiger partial charge in [-0.05, 0) is 24.6 Å². The molecule has 0 radical (unpaired) electrons. The van der Waals surface area contributed by atoms with Crippen LogP contribution in [0.4, 0.5) is 5.69 Å². The number of amides is 1. The summed E-state index contributed by atoms with van der Waals surface area (Å²) in [6.45, 7) is 1.94. The molecule has 3 aromatic rings. The highest BCUT2D eigenvalue weighted by molar-refractivity contribution is 7.15. The molecule has 3 heterocycles. The molecule has 4 rings (SSSR count). The molecule has 0 saturated heterocycles. The molecule has 0 aliphatic carbocycles. The average Bonchev–Trinajstić information content (AvgIpc) is 3.16. The summed E-state index contributed by atoms with van der Waals surface area (Å²) in [5.74, 6) is -1.37. The zero-order valence-electron chi connectivity index (χ0n) is 14.6. The number of anilines is 1. The summed E-state index contributed by atoms with van der Waals surface area (Å²) in [6, 6.07) is 6.95. The summed E-state index contributed by atoms with van der Waals surface area (Å²) in [6.07, 6.45) is 2.02. The van der Waals surface area contributed by atoms with E-state index in [1.54, 1.807) is 35.1 Å². The summed E-state index contributed by atoms with van der Waals surface area (Å²) in [4.78, 5) is 25.4. The molecule has 1 aliphatic rings. The summed E-state index contributed by atoms with van der Waals surface area (Å²) in [5.41, 5.74) is 3.70. The normalized spacial score (nSPS) is 16.1. The molecule has 2 N–H and O–H groups in total. The van der Waals surface area contributed by atoms with Crippen molar-refractivity contribution in [3.8, 4) is 11.1 Å². The van der Waals surface area contributed by atoms with E-state index in [4.69, 9.17) is 11.6 Å². The SMILES string of the molecule is Cc1c([C@H]2CC(=O)Nc3c2sc(C(=O)O)c3-c2ccc(Cl)cc2)cnn1C. The summed E-state index contributed by atoms with van der Waals surface area (Å²) in [7, 11) is 1.85. The van der Waals surface area contributed by atoms with Gasteiger partial charge in [0, 0.05) is 46.1 Å². The number of rotatable bonds is 3. The Morgan fingerprint density at radius 2 is 2.07 bits per heavy atom. The molecular formula is C19H16ClN3O3S. The Hall–Kier alpha value is -2.64. The first-order valence-electron chi connectivity index (χ1n) is 8.31. The van der Waals surface area contributed by atoms with Crippen molar-refractivity contribution >= 4 is 40.5 Å². The topological polar surface area (TPSA) is 84.2 Å². The smallest absolute Gasteiger partial charge is 0.346 e. The van der Waals surface area contributed by atoms with Gasteiger partial charge >= 0.3 is 5.97 Å². The van der Waals surface area contributed by atoms with Gasteiger partial charge in [-0.25, -0.2) is 4.79 Å². The number of carbonyl (C=O) groups is 2. The van der Waals surface area contributed by atoms with Crippen LogP contribution in [0.5, 0.6) is 0 Å². The van der Waals surface area contributed by atoms with E-state index in [-0.39, 0.29) is 23.1 Å². The monoisotopic (exact) mass is 401 g/mol. The van der Waals surface area contributed by atoms with Crippen molar-refractivity contribution in [3.63, 3.8) is 0 Å². The number of carboxylic acids is 1. The standard InChI is InChI=1S/C19H16ClN3O3S/c1-9-13(8-21-23(9)2)12-7-14(24)22-16-15(10-3-5-11(20)6-4-10)18(19(25)26)27-17(12)16/h3-6,8,12H,7H2,1-2H3,(H,22,24)(H,25,26)/t12-/m1/s1. The first-order chi connectivity index (χ1) is 12.9. The summed E-state index contributed by atoms with van der Waals surface area (Å²) < 4.78 is 1.76. The quantitative estimate of drug-likeness (QED) is 0.685. The van der Waals surface area contributed by atoms with Crippen LogP contribution in [0.15, 0.2) is 30.5 Å². The van der Waals surface area contributed by atoms with Crippen LogP contribution in [0, 0.1) is 6.92 Å². The van der Waals surface area contributed by atoms with Gasteiger partial charge in [-0.15, -0.1) is 11.3 Å². The van der Waals surface area contributed by atoms with Crippen LogP contribution in [0.3, 0.4) is 0 Å². The number of carbonyl (C=O) groups excluding carboxylic acids is 1. The van der Waals surface area contributed by atoms with Gasteiger partial charge in [-0.3, -0.25) is 9.48 Å². The van der Waals surface area contributed by atoms with Crippen molar-refractivity contribution in [1.29, 1.82) is 0 Å². The van der Waals surface area contributed by atoms with Crippen LogP contribution >= 0.6 is 22.9 Å². The predicted molar refractivity (Wildman–Crippen MR) is 105 cm³/mol. The van der Waals surface area contributed by atoms with Crippen molar-refractivity contribution in [2.45, 2.75) is 19.3 Å². The third-order valence-corrected chi connectivity index (χ3v) is 6.43. The molecule has 8 heteroatoms. The molecule has 1 amide bonds. The molecule has 2 aromatic heterocycles. The highest BCUT2D eigenvalue weighted by atomic mass is 35.5. The Morgan fingerprint density at radius 1 is 1.37 bits per heavy atom. The minimum atomic E-state index is -1.02. The van der Waals surface area contributed by atoms with Gasteiger partial charge in [0.15, 0.2) is 0 Å². The Bertz CT molecular complexity index is 1070. The summed E-state index contributed by atoms with van der Waals surface area (Å²) in [5, 5.41) is 17.5.